The molecule has 0 aliphatic carbocycles. The van der Waals surface area contributed by atoms with Gasteiger partial charge in [-0.1, -0.05) is 13.8 Å². The zero-order chi connectivity index (χ0) is 12.8. The van der Waals surface area contributed by atoms with Crippen LogP contribution >= 0.6 is 0 Å². The summed E-state index contributed by atoms with van der Waals surface area (Å²) < 4.78 is 0. The molecule has 1 saturated heterocycles. The van der Waals surface area contributed by atoms with Crippen molar-refractivity contribution in [3.8, 4) is 0 Å². The molecule has 0 aromatic heterocycles. The molecule has 1 aliphatic heterocycles. The molecule has 0 saturated carbocycles. The van der Waals surface area contributed by atoms with E-state index < -0.39 is 12.0 Å². The van der Waals surface area contributed by atoms with Crippen LogP contribution in [0.5, 0.6) is 0 Å². The van der Waals surface area contributed by atoms with Gasteiger partial charge in [0.25, 0.3) is 0 Å². The Balaban J connectivity index is 2.47. The topological polar surface area (TPSA) is 78.4 Å². The molecule has 3 N–H and O–H groups in total. The molecule has 98 valence electrons. The lowest BCUT2D eigenvalue weighted by Crippen LogP contribution is -2.46. The minimum Gasteiger partial charge on any atom is -0.480 e. The monoisotopic (exact) mass is 242 g/mol. The van der Waals surface area contributed by atoms with Crippen LogP contribution in [0.3, 0.4) is 0 Å². The highest BCUT2D eigenvalue weighted by Gasteiger charge is 2.26. The molecular formula is C12H22N2O3. The Labute approximate surface area is 102 Å². The van der Waals surface area contributed by atoms with E-state index in [1.165, 1.54) is 0 Å². The molecule has 0 aromatic carbocycles. The largest absolute Gasteiger partial charge is 0.480 e. The maximum absolute atomic E-state index is 11.9. The van der Waals surface area contributed by atoms with Gasteiger partial charge in [-0.2, -0.15) is 0 Å². The van der Waals surface area contributed by atoms with Crippen molar-refractivity contribution in [2.75, 3.05) is 13.1 Å². The number of carboxylic acids is 1. The number of piperidine rings is 1. The first-order chi connectivity index (χ1) is 8.00. The summed E-state index contributed by atoms with van der Waals surface area (Å²) in [5.41, 5.74) is 0. The van der Waals surface area contributed by atoms with Gasteiger partial charge in [0.05, 0.1) is 0 Å². The second kappa shape index (κ2) is 6.59. The fourth-order valence-corrected chi connectivity index (χ4v) is 2.07. The number of carbonyl (C=O) groups is 2. The van der Waals surface area contributed by atoms with E-state index in [1.807, 2.05) is 13.8 Å². The van der Waals surface area contributed by atoms with Crippen molar-refractivity contribution < 1.29 is 14.7 Å². The van der Waals surface area contributed by atoms with Gasteiger partial charge < -0.3 is 15.7 Å². The number of carboxylic acid groups (broad SMARTS) is 1. The molecule has 1 amide bonds. The summed E-state index contributed by atoms with van der Waals surface area (Å²) in [5, 5.41) is 14.9. The molecule has 1 rings (SSSR count). The van der Waals surface area contributed by atoms with Crippen molar-refractivity contribution in [1.82, 2.24) is 10.6 Å². The van der Waals surface area contributed by atoms with Crippen LogP contribution < -0.4 is 10.6 Å². The fraction of sp³-hybridized carbons (Fsp3) is 0.833. The molecule has 0 unspecified atom stereocenters. The Bertz CT molecular complexity index is 273. The van der Waals surface area contributed by atoms with Gasteiger partial charge in [-0.15, -0.1) is 0 Å². The van der Waals surface area contributed by atoms with Crippen LogP contribution in [-0.4, -0.2) is 36.1 Å². The Kier molecular flexibility index (Phi) is 5.41. The summed E-state index contributed by atoms with van der Waals surface area (Å²) >= 11 is 0. The van der Waals surface area contributed by atoms with Crippen LogP contribution in [-0.2, 0) is 9.59 Å². The normalized spacial score (nSPS) is 19.0. The summed E-state index contributed by atoms with van der Waals surface area (Å²) in [6.07, 6.45) is 2.06. The van der Waals surface area contributed by atoms with Crippen LogP contribution in [0.1, 0.15) is 33.1 Å². The third kappa shape index (κ3) is 4.73. The number of hydrogen-bond donors (Lipinski definition) is 3. The average Bonchev–Trinajstić information content (AvgIpc) is 2.28. The quantitative estimate of drug-likeness (QED) is 0.659. The van der Waals surface area contributed by atoms with Crippen molar-refractivity contribution >= 4 is 11.9 Å². The molecule has 0 bridgehead atoms. The molecule has 1 heterocycles. The predicted octanol–water partition coefficient (Wildman–Crippen LogP) is 0.601. The number of carbonyl (C=O) groups excluding carboxylic acids is 1. The van der Waals surface area contributed by atoms with E-state index in [9.17, 15) is 9.59 Å². The first-order valence-electron chi connectivity index (χ1n) is 6.24. The van der Waals surface area contributed by atoms with E-state index in [0.29, 0.717) is 6.42 Å². The highest BCUT2D eigenvalue weighted by atomic mass is 16.4. The minimum atomic E-state index is -0.944. The number of amides is 1. The van der Waals surface area contributed by atoms with E-state index in [2.05, 4.69) is 10.6 Å². The molecule has 0 radical (unpaired) electrons. The molecular weight excluding hydrogens is 220 g/mol. The van der Waals surface area contributed by atoms with Crippen LogP contribution in [0.4, 0.5) is 0 Å². The van der Waals surface area contributed by atoms with Gasteiger partial charge in [0.1, 0.15) is 6.04 Å². The first-order valence-corrected chi connectivity index (χ1v) is 6.24. The summed E-state index contributed by atoms with van der Waals surface area (Å²) in [6, 6.07) is -0.752. The number of nitrogens with one attached hydrogen (secondary N) is 2. The van der Waals surface area contributed by atoms with Gasteiger partial charge in [0.2, 0.25) is 5.91 Å². The van der Waals surface area contributed by atoms with E-state index in [1.54, 1.807) is 0 Å². The van der Waals surface area contributed by atoms with Crippen molar-refractivity contribution in [3.05, 3.63) is 0 Å². The predicted molar refractivity (Wildman–Crippen MR) is 64.6 cm³/mol. The molecule has 17 heavy (non-hydrogen) atoms. The van der Waals surface area contributed by atoms with Crippen molar-refractivity contribution in [3.63, 3.8) is 0 Å². The van der Waals surface area contributed by atoms with Crippen molar-refractivity contribution in [1.29, 1.82) is 0 Å². The summed E-state index contributed by atoms with van der Waals surface area (Å²) in [6.45, 7) is 5.57. The standard InChI is InChI=1S/C12H22N2O3/c1-8(2)7-10(12(16)17)14-11(15)9-3-5-13-6-4-9/h8-10,13H,3-7H2,1-2H3,(H,14,15)(H,16,17)/t10-/m1/s1. The Morgan fingerprint density at radius 3 is 2.41 bits per heavy atom. The zero-order valence-corrected chi connectivity index (χ0v) is 10.5. The highest BCUT2D eigenvalue weighted by molar-refractivity contribution is 5.85. The lowest BCUT2D eigenvalue weighted by atomic mass is 9.96. The van der Waals surface area contributed by atoms with Gasteiger partial charge in [-0.25, -0.2) is 4.79 Å². The van der Waals surface area contributed by atoms with E-state index in [4.69, 9.17) is 5.11 Å². The van der Waals surface area contributed by atoms with E-state index >= 15 is 0 Å². The summed E-state index contributed by atoms with van der Waals surface area (Å²) in [7, 11) is 0. The Morgan fingerprint density at radius 2 is 1.94 bits per heavy atom. The Morgan fingerprint density at radius 1 is 1.35 bits per heavy atom. The average molecular weight is 242 g/mol. The second-order valence-electron chi connectivity index (χ2n) is 5.05. The van der Waals surface area contributed by atoms with Crippen molar-refractivity contribution in [2.45, 2.75) is 39.2 Å². The minimum absolute atomic E-state index is 0.0368. The van der Waals surface area contributed by atoms with E-state index in [-0.39, 0.29) is 17.7 Å². The van der Waals surface area contributed by atoms with Gasteiger partial charge >= 0.3 is 5.97 Å². The summed E-state index contributed by atoms with van der Waals surface area (Å²) in [4.78, 5) is 22.9. The molecule has 0 spiro atoms. The van der Waals surface area contributed by atoms with Gasteiger partial charge in [0, 0.05) is 5.92 Å². The second-order valence-corrected chi connectivity index (χ2v) is 5.05. The van der Waals surface area contributed by atoms with Gasteiger partial charge in [-0.3, -0.25) is 4.79 Å². The number of rotatable bonds is 5. The van der Waals surface area contributed by atoms with Crippen LogP contribution in [0.15, 0.2) is 0 Å². The SMILES string of the molecule is CC(C)C[C@@H](NC(=O)C1CCNCC1)C(=O)O. The summed E-state index contributed by atoms with van der Waals surface area (Å²) in [5.74, 6) is -0.838. The lowest BCUT2D eigenvalue weighted by Gasteiger charge is -2.24. The number of hydrogen-bond acceptors (Lipinski definition) is 3. The lowest BCUT2D eigenvalue weighted by molar-refractivity contribution is -0.143. The first kappa shape index (κ1) is 14.0. The molecule has 0 aromatic rings. The number of aliphatic carboxylic acids is 1. The van der Waals surface area contributed by atoms with Gasteiger partial charge in [0.15, 0.2) is 0 Å². The highest BCUT2D eigenvalue weighted by Crippen LogP contribution is 2.13. The van der Waals surface area contributed by atoms with Crippen LogP contribution in [0, 0.1) is 11.8 Å². The molecule has 1 aliphatic rings. The fourth-order valence-electron chi connectivity index (χ4n) is 2.07. The maximum atomic E-state index is 11.9. The Hall–Kier alpha value is -1.10. The smallest absolute Gasteiger partial charge is 0.326 e. The van der Waals surface area contributed by atoms with Crippen LogP contribution in [0.2, 0.25) is 0 Å². The molecule has 5 nitrogen and oxygen atoms in total. The zero-order valence-electron chi connectivity index (χ0n) is 10.5. The maximum Gasteiger partial charge on any atom is 0.326 e. The molecule has 1 fully saturated rings. The van der Waals surface area contributed by atoms with Crippen LogP contribution in [0.25, 0.3) is 0 Å². The third-order valence-electron chi connectivity index (χ3n) is 3.03. The van der Waals surface area contributed by atoms with Crippen molar-refractivity contribution in [2.24, 2.45) is 11.8 Å². The molecule has 1 atom stereocenters. The van der Waals surface area contributed by atoms with E-state index in [0.717, 1.165) is 25.9 Å². The van der Waals surface area contributed by atoms with Gasteiger partial charge in [-0.05, 0) is 38.3 Å². The third-order valence-corrected chi connectivity index (χ3v) is 3.03. The molecule has 5 heteroatoms.